The number of halogens is 3. The maximum atomic E-state index is 11.4. The number of hydrogen-bond acceptors (Lipinski definition) is 4. The lowest BCUT2D eigenvalue weighted by Crippen LogP contribution is -1.89. The molecule has 176 valence electrons. The third kappa shape index (κ3) is 21.3. The lowest BCUT2D eigenvalue weighted by atomic mass is 10.2. The van der Waals surface area contributed by atoms with Gasteiger partial charge >= 0.3 is 0 Å². The quantitative estimate of drug-likeness (QED) is 0.303. The molecule has 0 saturated carbocycles. The maximum absolute atomic E-state index is 11.4. The molecule has 0 radical (unpaired) electrons. The second-order valence-electron chi connectivity index (χ2n) is 6.33. The van der Waals surface area contributed by atoms with E-state index in [2.05, 4.69) is 83.9 Å². The number of nitrogens with one attached hydrogen (secondary N) is 1. The fourth-order valence-electron chi connectivity index (χ4n) is 1.55. The molecule has 0 spiro atoms. The van der Waals surface area contributed by atoms with Crippen LogP contribution in [0.4, 0.5) is 5.69 Å². The van der Waals surface area contributed by atoms with E-state index >= 15 is 0 Å². The van der Waals surface area contributed by atoms with Crippen molar-refractivity contribution in [2.45, 2.75) is 36.1 Å². The van der Waals surface area contributed by atoms with Crippen LogP contribution in [0, 0.1) is 22.2 Å². The van der Waals surface area contributed by atoms with Gasteiger partial charge in [0.1, 0.15) is 0 Å². The Morgan fingerprint density at radius 3 is 1.50 bits per heavy atom. The molecule has 0 fully saturated rings. The van der Waals surface area contributed by atoms with Crippen molar-refractivity contribution >= 4 is 79.6 Å². The third-order valence-electron chi connectivity index (χ3n) is 2.59. The molecule has 0 heterocycles. The summed E-state index contributed by atoms with van der Waals surface area (Å²) in [6, 6.07) is 12.0. The zero-order chi connectivity index (χ0) is 21.4. The normalized spacial score (nSPS) is 9.77. The number of rotatable bonds is 1. The molecular formula is C21H37Br2IN2O2S2. The summed E-state index contributed by atoms with van der Waals surface area (Å²) in [5.41, 5.74) is 3.17. The van der Waals surface area contributed by atoms with Gasteiger partial charge in [-0.2, -0.15) is 4.36 Å². The van der Waals surface area contributed by atoms with Gasteiger partial charge in [-0.25, -0.2) is 4.21 Å². The van der Waals surface area contributed by atoms with Gasteiger partial charge in [-0.1, -0.05) is 54.1 Å². The van der Waals surface area contributed by atoms with Crippen LogP contribution in [0.3, 0.4) is 0 Å². The van der Waals surface area contributed by atoms with Gasteiger partial charge in [0.15, 0.2) is 0 Å². The summed E-state index contributed by atoms with van der Waals surface area (Å²) in [7, 11) is -4.21. The SMILES string of the molecule is C.C.C.CS(C)(=N)=O.Cc1cc(I)ccc1Br.Cc1cc(N=S(C)(C)=O)ccc1Br. The van der Waals surface area contributed by atoms with Crippen molar-refractivity contribution in [1.82, 2.24) is 0 Å². The van der Waals surface area contributed by atoms with E-state index in [9.17, 15) is 8.42 Å². The van der Waals surface area contributed by atoms with E-state index in [1.54, 1.807) is 12.5 Å². The molecule has 2 aromatic carbocycles. The van der Waals surface area contributed by atoms with Crippen LogP contribution in [0.25, 0.3) is 0 Å². The summed E-state index contributed by atoms with van der Waals surface area (Å²) in [6.45, 7) is 4.07. The lowest BCUT2D eigenvalue weighted by Gasteiger charge is -2.00. The first-order chi connectivity index (χ1) is 12.1. The molecule has 0 aromatic heterocycles. The molecule has 30 heavy (non-hydrogen) atoms. The van der Waals surface area contributed by atoms with Crippen molar-refractivity contribution in [3.05, 3.63) is 60.0 Å². The molecule has 2 rings (SSSR count). The van der Waals surface area contributed by atoms with Crippen molar-refractivity contribution < 1.29 is 8.42 Å². The Morgan fingerprint density at radius 1 is 0.833 bits per heavy atom. The molecule has 0 amide bonds. The molecule has 0 aliphatic rings. The maximum Gasteiger partial charge on any atom is 0.0733 e. The van der Waals surface area contributed by atoms with Gasteiger partial charge in [0, 0.05) is 57.0 Å². The van der Waals surface area contributed by atoms with Gasteiger partial charge in [-0.3, -0.25) is 8.99 Å². The van der Waals surface area contributed by atoms with Crippen molar-refractivity contribution in [1.29, 1.82) is 4.78 Å². The average Bonchev–Trinajstić information content (AvgIpc) is 2.45. The van der Waals surface area contributed by atoms with Crippen LogP contribution in [0.1, 0.15) is 33.4 Å². The van der Waals surface area contributed by atoms with Crippen LogP contribution in [0.15, 0.2) is 49.7 Å². The summed E-state index contributed by atoms with van der Waals surface area (Å²) in [5.74, 6) is 0. The van der Waals surface area contributed by atoms with Crippen molar-refractivity contribution in [3.8, 4) is 0 Å². The van der Waals surface area contributed by atoms with Crippen LogP contribution >= 0.6 is 54.5 Å². The van der Waals surface area contributed by atoms with Crippen LogP contribution < -0.4 is 0 Å². The highest BCUT2D eigenvalue weighted by Gasteiger charge is 1.97. The van der Waals surface area contributed by atoms with E-state index in [1.165, 1.54) is 26.1 Å². The van der Waals surface area contributed by atoms with E-state index < -0.39 is 19.5 Å². The predicted octanol–water partition coefficient (Wildman–Crippen LogP) is 8.68. The first kappa shape index (κ1) is 37.4. The minimum Gasteiger partial charge on any atom is -0.253 e. The molecule has 2 aromatic rings. The molecular weight excluding hydrogens is 663 g/mol. The largest absolute Gasteiger partial charge is 0.253 e. The first-order valence-electron chi connectivity index (χ1n) is 7.62. The highest BCUT2D eigenvalue weighted by molar-refractivity contribution is 14.1. The molecule has 9 heteroatoms. The third-order valence-corrected chi connectivity index (χ3v) is 5.69. The molecule has 0 aliphatic heterocycles. The molecule has 1 N–H and O–H groups in total. The first-order valence-corrected chi connectivity index (χ1v) is 15.0. The zero-order valence-electron chi connectivity index (χ0n) is 16.2. The Morgan fingerprint density at radius 2 is 1.20 bits per heavy atom. The van der Waals surface area contributed by atoms with Gasteiger partial charge in [0.2, 0.25) is 0 Å². The minimum atomic E-state index is -2.17. The summed E-state index contributed by atoms with van der Waals surface area (Å²) < 4.78 is 35.3. The summed E-state index contributed by atoms with van der Waals surface area (Å²) >= 11 is 9.12. The molecule has 0 saturated heterocycles. The van der Waals surface area contributed by atoms with Crippen molar-refractivity contribution in [2.24, 2.45) is 4.36 Å². The van der Waals surface area contributed by atoms with E-state index in [0.29, 0.717) is 0 Å². The number of hydrogen-bond donors (Lipinski definition) is 1. The van der Waals surface area contributed by atoms with Gasteiger partial charge in [-0.15, -0.1) is 0 Å². The van der Waals surface area contributed by atoms with Crippen LogP contribution in [0.2, 0.25) is 0 Å². The summed E-state index contributed by atoms with van der Waals surface area (Å²) in [6.07, 6.45) is 6.02. The van der Waals surface area contributed by atoms with Crippen molar-refractivity contribution in [3.63, 3.8) is 0 Å². The molecule has 0 aliphatic carbocycles. The number of nitrogens with zero attached hydrogens (tertiary/aromatic N) is 1. The molecule has 0 unspecified atom stereocenters. The second-order valence-corrected chi connectivity index (χ2v) is 14.3. The predicted molar refractivity (Wildman–Crippen MR) is 155 cm³/mol. The summed E-state index contributed by atoms with van der Waals surface area (Å²) in [4.78, 5) is 0. The van der Waals surface area contributed by atoms with E-state index in [-0.39, 0.29) is 22.3 Å². The molecule has 4 nitrogen and oxygen atoms in total. The number of benzene rings is 2. The average molecular weight is 700 g/mol. The molecule has 0 bridgehead atoms. The Labute approximate surface area is 216 Å². The number of aryl methyl sites for hydroxylation is 2. The molecule has 0 atom stereocenters. The van der Waals surface area contributed by atoms with Crippen LogP contribution in [-0.2, 0) is 19.5 Å². The Balaban J connectivity index is -0.000000176. The second kappa shape index (κ2) is 16.6. The van der Waals surface area contributed by atoms with Crippen LogP contribution in [-0.4, -0.2) is 33.4 Å². The van der Waals surface area contributed by atoms with Gasteiger partial charge < -0.3 is 0 Å². The minimum absolute atomic E-state index is 0. The fourth-order valence-corrected chi connectivity index (χ4v) is 3.31. The Kier molecular flexibility index (Phi) is 20.7. The van der Waals surface area contributed by atoms with E-state index in [0.717, 1.165) is 15.7 Å². The monoisotopic (exact) mass is 698 g/mol. The highest BCUT2D eigenvalue weighted by atomic mass is 127. The Hall–Kier alpha value is 0.0300. The van der Waals surface area contributed by atoms with E-state index in [4.69, 9.17) is 4.78 Å². The summed E-state index contributed by atoms with van der Waals surface area (Å²) in [5, 5.41) is 0. The zero-order valence-corrected chi connectivity index (χ0v) is 23.1. The highest BCUT2D eigenvalue weighted by Crippen LogP contribution is 2.22. The lowest BCUT2D eigenvalue weighted by molar-refractivity contribution is 0.682. The van der Waals surface area contributed by atoms with Gasteiger partial charge in [0.25, 0.3) is 0 Å². The standard InChI is InChI=1S/C9H12BrNOS.C7H6BrI.C2H7NOS.3CH4/c1-7-6-8(4-5-9(7)10)11-13(2,3)12;1-5-4-6(9)2-3-7(5)8;1-5(2,3)4;;;/h4-6H,1-3H3;2-4H,1H3;3H,1-2H3;3*1H4. The smallest absolute Gasteiger partial charge is 0.0733 e. The van der Waals surface area contributed by atoms with E-state index in [1.807, 2.05) is 25.1 Å². The van der Waals surface area contributed by atoms with Gasteiger partial charge in [-0.05, 0) is 84.0 Å². The van der Waals surface area contributed by atoms with Crippen molar-refractivity contribution in [2.75, 3.05) is 25.0 Å². The fraction of sp³-hybridized carbons (Fsp3) is 0.429. The topological polar surface area (TPSA) is 70.3 Å². The van der Waals surface area contributed by atoms with Crippen LogP contribution in [0.5, 0.6) is 0 Å². The Bertz CT molecular complexity index is 986. The van der Waals surface area contributed by atoms with Gasteiger partial charge in [0.05, 0.1) is 5.69 Å².